The van der Waals surface area contributed by atoms with E-state index in [1.807, 2.05) is 0 Å². The summed E-state index contributed by atoms with van der Waals surface area (Å²) in [6, 6.07) is 0. The molecule has 0 unspecified atom stereocenters. The zero-order valence-electron chi connectivity index (χ0n) is 6.93. The highest BCUT2D eigenvalue weighted by Crippen LogP contribution is 2.00. The zero-order valence-corrected chi connectivity index (χ0v) is 5.51. The molecule has 42 valence electrons. The summed E-state index contributed by atoms with van der Waals surface area (Å²) < 4.78 is 21.4. The lowest BCUT2D eigenvalue weighted by Gasteiger charge is -1.87. The predicted octanol–water partition coefficient (Wildman–Crippen LogP) is 1.55. The Morgan fingerprint density at radius 2 is 2.50 bits per heavy atom. The molecule has 1 heterocycles. The lowest BCUT2D eigenvalue weighted by atomic mass is 10.5. The minimum Gasteiger partial charge on any atom is -0.257 e. The zero-order chi connectivity index (χ0) is 8.48. The van der Waals surface area contributed by atoms with Gasteiger partial charge in [0.15, 0.2) is 0 Å². The molecule has 0 aliphatic carbocycles. The first-order valence-electron chi connectivity index (χ1n) is 3.48. The first kappa shape index (κ1) is 2.92. The molecule has 0 spiro atoms. The van der Waals surface area contributed by atoms with Crippen LogP contribution in [0.5, 0.6) is 0 Å². The van der Waals surface area contributed by atoms with Gasteiger partial charge in [0.05, 0.1) is 11.9 Å². The van der Waals surface area contributed by atoms with Crippen molar-refractivity contribution in [3.8, 4) is 0 Å². The molecule has 1 aromatic rings. The maximum Gasteiger partial charge on any atom is 0.124 e. The summed E-state index contributed by atoms with van der Waals surface area (Å²) in [6.45, 7) is -2.16. The standard InChI is InChI=1S/C5H5BrN2/c1-4-2-8-5(6)3-7-4/h2-3H,1H3/i1D3. The van der Waals surface area contributed by atoms with Gasteiger partial charge in [0.1, 0.15) is 4.60 Å². The lowest BCUT2D eigenvalue weighted by molar-refractivity contribution is 1.09. The van der Waals surface area contributed by atoms with E-state index in [2.05, 4.69) is 25.9 Å². The van der Waals surface area contributed by atoms with Crippen LogP contribution in [0.25, 0.3) is 0 Å². The van der Waals surface area contributed by atoms with Crippen molar-refractivity contribution in [2.24, 2.45) is 0 Å². The summed E-state index contributed by atoms with van der Waals surface area (Å²) in [5.74, 6) is 0. The van der Waals surface area contributed by atoms with Crippen LogP contribution in [0.4, 0.5) is 0 Å². The van der Waals surface area contributed by atoms with Crippen molar-refractivity contribution in [2.75, 3.05) is 0 Å². The van der Waals surface area contributed by atoms with E-state index < -0.39 is 6.85 Å². The Hall–Kier alpha value is -0.440. The van der Waals surface area contributed by atoms with Gasteiger partial charge in [0.2, 0.25) is 0 Å². The molecular weight excluding hydrogens is 168 g/mol. The molecule has 0 bridgehead atoms. The average Bonchev–Trinajstić information content (AvgIpc) is 1.86. The smallest absolute Gasteiger partial charge is 0.124 e. The van der Waals surface area contributed by atoms with E-state index in [-0.39, 0.29) is 5.69 Å². The normalized spacial score (nSPS) is 16.4. The molecule has 0 N–H and O–H groups in total. The minimum atomic E-state index is -2.16. The molecule has 1 aromatic heterocycles. The van der Waals surface area contributed by atoms with Crippen LogP contribution in [0.1, 0.15) is 9.81 Å². The van der Waals surface area contributed by atoms with E-state index in [0.29, 0.717) is 4.60 Å². The maximum atomic E-state index is 6.96. The van der Waals surface area contributed by atoms with Crippen molar-refractivity contribution < 1.29 is 4.11 Å². The Balaban J connectivity index is 2.99. The topological polar surface area (TPSA) is 25.8 Å². The number of aromatic nitrogens is 2. The van der Waals surface area contributed by atoms with E-state index in [1.165, 1.54) is 12.4 Å². The van der Waals surface area contributed by atoms with Gasteiger partial charge >= 0.3 is 0 Å². The molecule has 0 saturated carbocycles. The Morgan fingerprint density at radius 3 is 3.00 bits per heavy atom. The number of aryl methyl sites for hydroxylation is 1. The SMILES string of the molecule is [2H]C([2H])([2H])c1cnc(Br)cn1. The summed E-state index contributed by atoms with van der Waals surface area (Å²) in [4.78, 5) is 7.42. The van der Waals surface area contributed by atoms with E-state index in [1.54, 1.807) is 0 Å². The molecule has 2 nitrogen and oxygen atoms in total. The van der Waals surface area contributed by atoms with E-state index >= 15 is 0 Å². The summed E-state index contributed by atoms with van der Waals surface area (Å²) in [5.41, 5.74) is 0.0145. The molecule has 0 aliphatic heterocycles. The second-order valence-electron chi connectivity index (χ2n) is 1.22. The van der Waals surface area contributed by atoms with Crippen molar-refractivity contribution in [1.82, 2.24) is 9.97 Å². The van der Waals surface area contributed by atoms with Crippen molar-refractivity contribution in [3.05, 3.63) is 22.7 Å². The van der Waals surface area contributed by atoms with Crippen LogP contribution in [0, 0.1) is 6.85 Å². The van der Waals surface area contributed by atoms with Crippen molar-refractivity contribution in [3.63, 3.8) is 0 Å². The van der Waals surface area contributed by atoms with E-state index in [0.717, 1.165) is 0 Å². The van der Waals surface area contributed by atoms with Crippen molar-refractivity contribution >= 4 is 15.9 Å². The Morgan fingerprint density at radius 1 is 1.62 bits per heavy atom. The first-order chi connectivity index (χ1) is 5.00. The number of nitrogens with zero attached hydrogens (tertiary/aromatic N) is 2. The third kappa shape index (κ3) is 1.26. The highest BCUT2D eigenvalue weighted by molar-refractivity contribution is 9.10. The van der Waals surface area contributed by atoms with E-state index in [9.17, 15) is 0 Å². The van der Waals surface area contributed by atoms with Crippen LogP contribution >= 0.6 is 15.9 Å². The van der Waals surface area contributed by atoms with Gasteiger partial charge in [-0.15, -0.1) is 0 Å². The van der Waals surface area contributed by atoms with Crippen LogP contribution < -0.4 is 0 Å². The van der Waals surface area contributed by atoms with Gasteiger partial charge in [0, 0.05) is 10.3 Å². The van der Waals surface area contributed by atoms with Gasteiger partial charge in [-0.2, -0.15) is 0 Å². The van der Waals surface area contributed by atoms with Gasteiger partial charge in [-0.1, -0.05) is 0 Å². The number of hydrogen-bond acceptors (Lipinski definition) is 2. The van der Waals surface area contributed by atoms with Crippen LogP contribution in [0.15, 0.2) is 17.0 Å². The molecule has 8 heavy (non-hydrogen) atoms. The monoisotopic (exact) mass is 175 g/mol. The van der Waals surface area contributed by atoms with Crippen LogP contribution in [-0.4, -0.2) is 9.97 Å². The Kier molecular flexibility index (Phi) is 0.809. The van der Waals surface area contributed by atoms with Crippen LogP contribution in [0.2, 0.25) is 0 Å². The highest BCUT2D eigenvalue weighted by Gasteiger charge is 1.84. The van der Waals surface area contributed by atoms with Gasteiger partial charge in [-0.25, -0.2) is 4.98 Å². The van der Waals surface area contributed by atoms with Crippen molar-refractivity contribution in [1.29, 1.82) is 0 Å². The fraction of sp³-hybridized carbons (Fsp3) is 0.200. The summed E-state index contributed by atoms with van der Waals surface area (Å²) in [5, 5.41) is 0. The summed E-state index contributed by atoms with van der Waals surface area (Å²) in [7, 11) is 0. The molecule has 0 fully saturated rings. The number of rotatable bonds is 0. The predicted molar refractivity (Wildman–Crippen MR) is 34.5 cm³/mol. The fourth-order valence-corrected chi connectivity index (χ4v) is 0.517. The molecule has 0 amide bonds. The number of hydrogen-bond donors (Lipinski definition) is 0. The summed E-state index contributed by atoms with van der Waals surface area (Å²) >= 11 is 3.05. The van der Waals surface area contributed by atoms with Crippen LogP contribution in [-0.2, 0) is 0 Å². The van der Waals surface area contributed by atoms with Crippen molar-refractivity contribution in [2.45, 2.75) is 6.85 Å². The van der Waals surface area contributed by atoms with E-state index in [4.69, 9.17) is 4.11 Å². The second-order valence-corrected chi connectivity index (χ2v) is 2.04. The number of halogens is 1. The molecular formula is C5H5BrN2. The second kappa shape index (κ2) is 2.22. The van der Waals surface area contributed by atoms with Gasteiger partial charge in [0.25, 0.3) is 0 Å². The Bertz CT molecular complexity index is 243. The third-order valence-corrected chi connectivity index (χ3v) is 1.03. The minimum absolute atomic E-state index is 0.0145. The largest absolute Gasteiger partial charge is 0.257 e. The van der Waals surface area contributed by atoms with Gasteiger partial charge in [-0.05, 0) is 22.8 Å². The quantitative estimate of drug-likeness (QED) is 0.599. The third-order valence-electron chi connectivity index (χ3n) is 0.620. The first-order valence-corrected chi connectivity index (χ1v) is 2.77. The Labute approximate surface area is 60.3 Å². The molecule has 1 rings (SSSR count). The molecule has 0 radical (unpaired) electrons. The highest BCUT2D eigenvalue weighted by atomic mass is 79.9. The molecule has 0 aromatic carbocycles. The van der Waals surface area contributed by atoms with Crippen LogP contribution in [0.3, 0.4) is 0 Å². The molecule has 0 atom stereocenters. The van der Waals surface area contributed by atoms with Gasteiger partial charge < -0.3 is 0 Å². The van der Waals surface area contributed by atoms with Gasteiger partial charge in [-0.3, -0.25) is 4.98 Å². The fourth-order valence-electron chi connectivity index (χ4n) is 0.312. The summed E-state index contributed by atoms with van der Waals surface area (Å²) in [6.07, 6.45) is 2.60. The molecule has 0 aliphatic rings. The molecule has 3 heteroatoms. The average molecular weight is 176 g/mol. The molecule has 0 saturated heterocycles. The lowest BCUT2D eigenvalue weighted by Crippen LogP contribution is -1.81. The maximum absolute atomic E-state index is 6.96.